The molecular formula is C18H20N2O3. The molecule has 3 rings (SSSR count). The van der Waals surface area contributed by atoms with E-state index in [0.29, 0.717) is 11.4 Å². The third-order valence-electron chi connectivity index (χ3n) is 3.93. The molecule has 2 aromatic carbocycles. The summed E-state index contributed by atoms with van der Waals surface area (Å²) >= 11 is 0. The zero-order valence-electron chi connectivity index (χ0n) is 12.8. The van der Waals surface area contributed by atoms with Crippen LogP contribution in [0, 0.1) is 0 Å². The van der Waals surface area contributed by atoms with E-state index in [1.54, 1.807) is 12.1 Å². The molecule has 0 radical (unpaired) electrons. The molecule has 0 aliphatic heterocycles. The maximum Gasteiger partial charge on any atom is 0.319 e. The normalized spacial score (nSPS) is 15.3. The van der Waals surface area contributed by atoms with Crippen molar-refractivity contribution < 1.29 is 14.6 Å². The van der Waals surface area contributed by atoms with E-state index in [4.69, 9.17) is 4.74 Å². The molecule has 0 aromatic heterocycles. The predicted octanol–water partition coefficient (Wildman–Crippen LogP) is 3.52. The smallest absolute Gasteiger partial charge is 0.319 e. The minimum atomic E-state index is -0.727. The van der Waals surface area contributed by atoms with Gasteiger partial charge in [-0.05, 0) is 43.5 Å². The predicted molar refractivity (Wildman–Crippen MR) is 88.8 cm³/mol. The summed E-state index contributed by atoms with van der Waals surface area (Å²) in [6.07, 6.45) is 2.50. The van der Waals surface area contributed by atoms with Crippen LogP contribution in [-0.4, -0.2) is 23.3 Å². The van der Waals surface area contributed by atoms with Crippen LogP contribution in [0.3, 0.4) is 0 Å². The average Bonchev–Trinajstić information content (AvgIpc) is 2.52. The van der Waals surface area contributed by atoms with Crippen molar-refractivity contribution in [3.8, 4) is 11.5 Å². The molecule has 1 aliphatic rings. The van der Waals surface area contributed by atoms with Crippen molar-refractivity contribution in [3.05, 3.63) is 54.6 Å². The Hall–Kier alpha value is -2.53. The second-order valence-electron chi connectivity index (χ2n) is 5.83. The highest BCUT2D eigenvalue weighted by Crippen LogP contribution is 2.30. The highest BCUT2D eigenvalue weighted by atomic mass is 16.5. The Labute approximate surface area is 135 Å². The first-order chi connectivity index (χ1) is 11.1. The summed E-state index contributed by atoms with van der Waals surface area (Å²) in [5.41, 5.74) is -0.0909. The molecule has 2 aromatic rings. The lowest BCUT2D eigenvalue weighted by molar-refractivity contribution is -0.0287. The highest BCUT2D eigenvalue weighted by Gasteiger charge is 2.34. The number of hydrogen-bond acceptors (Lipinski definition) is 3. The number of amides is 2. The fourth-order valence-electron chi connectivity index (χ4n) is 2.44. The molecule has 0 atom stereocenters. The van der Waals surface area contributed by atoms with Gasteiger partial charge in [-0.25, -0.2) is 4.79 Å². The summed E-state index contributed by atoms with van der Waals surface area (Å²) in [6.45, 7) is 0.277. The van der Waals surface area contributed by atoms with Crippen LogP contribution in [-0.2, 0) is 0 Å². The molecule has 0 bridgehead atoms. The number of benzene rings is 2. The van der Waals surface area contributed by atoms with Crippen LogP contribution in [0.5, 0.6) is 11.5 Å². The Morgan fingerprint density at radius 3 is 2.52 bits per heavy atom. The molecule has 120 valence electrons. The summed E-state index contributed by atoms with van der Waals surface area (Å²) in [6, 6.07) is 16.3. The van der Waals surface area contributed by atoms with Crippen molar-refractivity contribution in [2.45, 2.75) is 24.9 Å². The van der Waals surface area contributed by atoms with Crippen LogP contribution in [0.25, 0.3) is 0 Å². The van der Waals surface area contributed by atoms with Crippen molar-refractivity contribution in [2.24, 2.45) is 0 Å². The van der Waals surface area contributed by atoms with Gasteiger partial charge in [0.1, 0.15) is 11.5 Å². The summed E-state index contributed by atoms with van der Waals surface area (Å²) < 4.78 is 5.73. The lowest BCUT2D eigenvalue weighted by Crippen LogP contribution is -2.48. The summed E-state index contributed by atoms with van der Waals surface area (Å²) in [5, 5.41) is 15.4. The van der Waals surface area contributed by atoms with E-state index in [1.165, 1.54) is 0 Å². The van der Waals surface area contributed by atoms with Crippen molar-refractivity contribution in [1.29, 1.82) is 0 Å². The van der Waals surface area contributed by atoms with Gasteiger partial charge in [-0.15, -0.1) is 0 Å². The average molecular weight is 312 g/mol. The van der Waals surface area contributed by atoms with E-state index in [0.717, 1.165) is 25.0 Å². The third kappa shape index (κ3) is 4.23. The van der Waals surface area contributed by atoms with Crippen LogP contribution in [0.4, 0.5) is 10.5 Å². The molecule has 0 spiro atoms. The van der Waals surface area contributed by atoms with Crippen LogP contribution in [0.15, 0.2) is 54.6 Å². The molecule has 1 aliphatic carbocycles. The van der Waals surface area contributed by atoms with Gasteiger partial charge < -0.3 is 20.5 Å². The largest absolute Gasteiger partial charge is 0.457 e. The fourth-order valence-corrected chi connectivity index (χ4v) is 2.44. The third-order valence-corrected chi connectivity index (χ3v) is 3.93. The lowest BCUT2D eigenvalue weighted by atomic mass is 9.80. The molecule has 1 saturated carbocycles. The molecule has 3 N–H and O–H groups in total. The van der Waals surface area contributed by atoms with E-state index in [2.05, 4.69) is 10.6 Å². The topological polar surface area (TPSA) is 70.6 Å². The van der Waals surface area contributed by atoms with Crippen molar-refractivity contribution in [3.63, 3.8) is 0 Å². The minimum absolute atomic E-state index is 0.277. The van der Waals surface area contributed by atoms with Crippen LogP contribution < -0.4 is 15.4 Å². The van der Waals surface area contributed by atoms with Gasteiger partial charge in [-0.1, -0.05) is 24.3 Å². The second kappa shape index (κ2) is 6.71. The molecule has 0 saturated heterocycles. The van der Waals surface area contributed by atoms with Crippen LogP contribution in [0.1, 0.15) is 19.3 Å². The SMILES string of the molecule is O=C(NCC1(O)CCC1)Nc1cccc(Oc2ccccc2)c1. The standard InChI is InChI=1S/C18H20N2O3/c21-17(19-13-18(22)10-5-11-18)20-14-6-4-9-16(12-14)23-15-7-2-1-3-8-15/h1-4,6-9,12,22H,5,10-11,13H2,(H2,19,20,21). The van der Waals surface area contributed by atoms with Gasteiger partial charge in [0.25, 0.3) is 0 Å². The van der Waals surface area contributed by atoms with Gasteiger partial charge in [0.15, 0.2) is 0 Å². The first kappa shape index (κ1) is 15.4. The van der Waals surface area contributed by atoms with Gasteiger partial charge in [0.05, 0.1) is 5.60 Å². The molecule has 5 nitrogen and oxygen atoms in total. The van der Waals surface area contributed by atoms with Crippen molar-refractivity contribution >= 4 is 11.7 Å². The summed E-state index contributed by atoms with van der Waals surface area (Å²) in [7, 11) is 0. The first-order valence-corrected chi connectivity index (χ1v) is 7.73. The zero-order chi connectivity index (χ0) is 16.1. The maximum absolute atomic E-state index is 11.9. The van der Waals surface area contributed by atoms with Crippen molar-refractivity contribution in [1.82, 2.24) is 5.32 Å². The molecule has 0 heterocycles. The molecular weight excluding hydrogens is 292 g/mol. The fraction of sp³-hybridized carbons (Fsp3) is 0.278. The number of para-hydroxylation sites is 1. The monoisotopic (exact) mass is 312 g/mol. The lowest BCUT2D eigenvalue weighted by Gasteiger charge is -2.36. The number of hydrogen-bond donors (Lipinski definition) is 3. The van der Waals surface area contributed by atoms with Crippen LogP contribution >= 0.6 is 0 Å². The number of nitrogens with one attached hydrogen (secondary N) is 2. The second-order valence-corrected chi connectivity index (χ2v) is 5.83. The number of carbonyl (C=O) groups is 1. The quantitative estimate of drug-likeness (QED) is 0.791. The number of urea groups is 1. The Morgan fingerprint density at radius 1 is 1.09 bits per heavy atom. The molecule has 23 heavy (non-hydrogen) atoms. The van der Waals surface area contributed by atoms with Gasteiger partial charge >= 0.3 is 6.03 Å². The summed E-state index contributed by atoms with van der Waals surface area (Å²) in [5.74, 6) is 1.38. The van der Waals surface area contributed by atoms with E-state index < -0.39 is 5.60 Å². The molecule has 2 amide bonds. The highest BCUT2D eigenvalue weighted by molar-refractivity contribution is 5.89. The van der Waals surface area contributed by atoms with Gasteiger partial charge in [-0.2, -0.15) is 0 Å². The van der Waals surface area contributed by atoms with E-state index in [9.17, 15) is 9.90 Å². The van der Waals surface area contributed by atoms with Gasteiger partial charge in [0, 0.05) is 18.3 Å². The number of anilines is 1. The van der Waals surface area contributed by atoms with Gasteiger partial charge in [0.2, 0.25) is 0 Å². The maximum atomic E-state index is 11.9. The molecule has 0 unspecified atom stereocenters. The first-order valence-electron chi connectivity index (χ1n) is 7.73. The Kier molecular flexibility index (Phi) is 4.48. The van der Waals surface area contributed by atoms with Gasteiger partial charge in [-0.3, -0.25) is 0 Å². The summed E-state index contributed by atoms with van der Waals surface area (Å²) in [4.78, 5) is 11.9. The van der Waals surface area contributed by atoms with Crippen molar-refractivity contribution in [2.75, 3.05) is 11.9 Å². The Balaban J connectivity index is 1.55. The zero-order valence-corrected chi connectivity index (χ0v) is 12.8. The van der Waals surface area contributed by atoms with Crippen LogP contribution in [0.2, 0.25) is 0 Å². The number of rotatable bonds is 5. The van der Waals surface area contributed by atoms with E-state index in [-0.39, 0.29) is 12.6 Å². The minimum Gasteiger partial charge on any atom is -0.457 e. The Morgan fingerprint density at radius 2 is 1.83 bits per heavy atom. The van der Waals surface area contributed by atoms with E-state index >= 15 is 0 Å². The molecule has 1 fully saturated rings. The number of ether oxygens (including phenoxy) is 1. The number of carbonyl (C=O) groups excluding carboxylic acids is 1. The number of aliphatic hydroxyl groups is 1. The van der Waals surface area contributed by atoms with E-state index in [1.807, 2.05) is 42.5 Å². The molecule has 5 heteroatoms. The Bertz CT molecular complexity index is 669.